The van der Waals surface area contributed by atoms with Crippen molar-refractivity contribution in [3.8, 4) is 5.75 Å². The summed E-state index contributed by atoms with van der Waals surface area (Å²) in [5, 5.41) is 0.482. The lowest BCUT2D eigenvalue weighted by Gasteiger charge is -2.17. The van der Waals surface area contributed by atoms with E-state index in [1.54, 1.807) is 7.11 Å². The van der Waals surface area contributed by atoms with E-state index in [0.29, 0.717) is 10.8 Å². The molecule has 0 aliphatic carbocycles. The van der Waals surface area contributed by atoms with Crippen LogP contribution in [0.25, 0.3) is 0 Å². The molecule has 124 valence electrons. The second-order valence-electron chi connectivity index (χ2n) is 4.81. The molecule has 23 heavy (non-hydrogen) atoms. The first-order chi connectivity index (χ1) is 11.0. The first kappa shape index (κ1) is 17.7. The lowest BCUT2D eigenvalue weighted by molar-refractivity contribution is 0.107. The van der Waals surface area contributed by atoms with E-state index < -0.39 is 16.1 Å². The third-order valence-corrected chi connectivity index (χ3v) is 5.02. The molecule has 0 radical (unpaired) electrons. The van der Waals surface area contributed by atoms with E-state index in [9.17, 15) is 8.42 Å². The highest BCUT2D eigenvalue weighted by atomic mass is 35.5. The fraction of sp³-hybridized carbons (Fsp3) is 0.250. The summed E-state index contributed by atoms with van der Waals surface area (Å²) in [6.07, 6.45) is -0.424. The van der Waals surface area contributed by atoms with Crippen LogP contribution in [0.3, 0.4) is 0 Å². The van der Waals surface area contributed by atoms with Crippen molar-refractivity contribution in [2.75, 3.05) is 20.8 Å². The molecule has 1 unspecified atom stereocenters. The van der Waals surface area contributed by atoms with Gasteiger partial charge in [0.25, 0.3) is 0 Å². The zero-order chi connectivity index (χ0) is 16.9. The van der Waals surface area contributed by atoms with Crippen LogP contribution >= 0.6 is 11.6 Å². The van der Waals surface area contributed by atoms with Crippen LogP contribution in [0.5, 0.6) is 5.75 Å². The Hall–Kier alpha value is -1.60. The zero-order valence-corrected chi connectivity index (χ0v) is 14.4. The molecule has 0 spiro atoms. The van der Waals surface area contributed by atoms with Gasteiger partial charge in [0.05, 0.1) is 18.1 Å². The molecular weight excluding hydrogens is 338 g/mol. The Kier molecular flexibility index (Phi) is 6.01. The molecule has 0 heterocycles. The summed E-state index contributed by atoms with van der Waals surface area (Å²) < 4.78 is 37.7. The van der Waals surface area contributed by atoms with Crippen molar-refractivity contribution in [2.45, 2.75) is 11.0 Å². The summed E-state index contributed by atoms with van der Waals surface area (Å²) >= 11 is 5.77. The number of methoxy groups -OCH3 is 2. The topological polar surface area (TPSA) is 64.6 Å². The average Bonchev–Trinajstić information content (AvgIpc) is 2.56. The van der Waals surface area contributed by atoms with Crippen molar-refractivity contribution < 1.29 is 17.9 Å². The van der Waals surface area contributed by atoms with Crippen molar-refractivity contribution in [1.82, 2.24) is 4.72 Å². The third-order valence-electron chi connectivity index (χ3n) is 3.33. The van der Waals surface area contributed by atoms with Gasteiger partial charge in [0.1, 0.15) is 5.75 Å². The number of benzene rings is 2. The van der Waals surface area contributed by atoms with Gasteiger partial charge >= 0.3 is 0 Å². The molecule has 0 bridgehead atoms. The fourth-order valence-electron chi connectivity index (χ4n) is 2.06. The van der Waals surface area contributed by atoms with Crippen LogP contribution in [0.4, 0.5) is 0 Å². The van der Waals surface area contributed by atoms with Gasteiger partial charge in [-0.2, -0.15) is 0 Å². The van der Waals surface area contributed by atoms with Gasteiger partial charge in [-0.05, 0) is 42.0 Å². The molecule has 0 aromatic heterocycles. The van der Waals surface area contributed by atoms with Crippen LogP contribution in [0.2, 0.25) is 5.02 Å². The molecule has 1 atom stereocenters. The highest BCUT2D eigenvalue weighted by Crippen LogP contribution is 2.22. The van der Waals surface area contributed by atoms with Crippen molar-refractivity contribution in [2.24, 2.45) is 0 Å². The maximum Gasteiger partial charge on any atom is 0.240 e. The highest BCUT2D eigenvalue weighted by Gasteiger charge is 2.18. The number of halogens is 1. The van der Waals surface area contributed by atoms with Crippen LogP contribution < -0.4 is 9.46 Å². The van der Waals surface area contributed by atoms with Crippen molar-refractivity contribution in [3.05, 3.63) is 59.1 Å². The first-order valence-corrected chi connectivity index (χ1v) is 8.74. The maximum atomic E-state index is 12.3. The summed E-state index contributed by atoms with van der Waals surface area (Å²) in [7, 11) is -0.524. The van der Waals surface area contributed by atoms with Crippen LogP contribution in [0.15, 0.2) is 53.4 Å². The smallest absolute Gasteiger partial charge is 0.240 e. The molecule has 0 amide bonds. The number of hydrogen-bond acceptors (Lipinski definition) is 4. The van der Waals surface area contributed by atoms with Gasteiger partial charge in [-0.25, -0.2) is 13.1 Å². The minimum Gasteiger partial charge on any atom is -0.497 e. The molecule has 0 saturated carbocycles. The quantitative estimate of drug-likeness (QED) is 0.829. The molecule has 7 heteroatoms. The Morgan fingerprint density at radius 2 is 1.83 bits per heavy atom. The van der Waals surface area contributed by atoms with Crippen LogP contribution in [-0.2, 0) is 14.8 Å². The Labute approximate surface area is 141 Å². The Morgan fingerprint density at radius 1 is 1.13 bits per heavy atom. The molecule has 1 N–H and O–H groups in total. The molecular formula is C16H18ClNO4S. The molecule has 2 rings (SSSR count). The summed E-state index contributed by atoms with van der Waals surface area (Å²) in [6.45, 7) is 0.106. The van der Waals surface area contributed by atoms with Gasteiger partial charge in [0.15, 0.2) is 0 Å². The Morgan fingerprint density at radius 3 is 2.43 bits per heavy atom. The lowest BCUT2D eigenvalue weighted by atomic mass is 10.1. The lowest BCUT2D eigenvalue weighted by Crippen LogP contribution is -2.29. The largest absolute Gasteiger partial charge is 0.497 e. The predicted molar refractivity (Wildman–Crippen MR) is 89.4 cm³/mol. The van der Waals surface area contributed by atoms with Gasteiger partial charge in [-0.1, -0.05) is 23.7 Å². The average molecular weight is 356 g/mol. The third kappa shape index (κ3) is 4.68. The molecule has 0 saturated heterocycles. The van der Waals surface area contributed by atoms with Crippen LogP contribution in [0, 0.1) is 0 Å². The number of nitrogens with one attached hydrogen (secondary N) is 1. The summed E-state index contributed by atoms with van der Waals surface area (Å²) in [6, 6.07) is 13.3. The van der Waals surface area contributed by atoms with Gasteiger partial charge in [-0.3, -0.25) is 0 Å². The molecule has 0 aliphatic rings. The minimum atomic E-state index is -3.63. The maximum absolute atomic E-state index is 12.3. The second-order valence-corrected chi connectivity index (χ2v) is 7.01. The fourth-order valence-corrected chi connectivity index (χ4v) is 3.22. The van der Waals surface area contributed by atoms with E-state index >= 15 is 0 Å². The van der Waals surface area contributed by atoms with Crippen molar-refractivity contribution >= 4 is 21.6 Å². The van der Waals surface area contributed by atoms with Crippen LogP contribution in [0.1, 0.15) is 11.7 Å². The standard InChI is InChI=1S/C16H18ClNO4S/c1-21-14-5-3-4-12(10-14)16(22-2)11-18-23(19,20)15-8-6-13(17)7-9-15/h3-10,16,18H,11H2,1-2H3. The molecule has 2 aromatic carbocycles. The molecule has 0 fully saturated rings. The molecule has 0 aliphatic heterocycles. The Bertz CT molecular complexity index is 747. The van der Waals surface area contributed by atoms with E-state index in [-0.39, 0.29) is 11.4 Å². The van der Waals surface area contributed by atoms with Gasteiger partial charge in [-0.15, -0.1) is 0 Å². The summed E-state index contributed by atoms with van der Waals surface area (Å²) in [4.78, 5) is 0.155. The number of ether oxygens (including phenoxy) is 2. The second kappa shape index (κ2) is 7.79. The van der Waals surface area contributed by atoms with Gasteiger partial charge in [0, 0.05) is 18.7 Å². The van der Waals surface area contributed by atoms with Gasteiger partial charge in [0.2, 0.25) is 10.0 Å². The van der Waals surface area contributed by atoms with Crippen molar-refractivity contribution in [1.29, 1.82) is 0 Å². The first-order valence-electron chi connectivity index (χ1n) is 6.88. The number of rotatable bonds is 7. The van der Waals surface area contributed by atoms with E-state index in [1.807, 2.05) is 24.3 Å². The van der Waals surface area contributed by atoms with E-state index in [1.165, 1.54) is 31.4 Å². The highest BCUT2D eigenvalue weighted by molar-refractivity contribution is 7.89. The number of hydrogen-bond donors (Lipinski definition) is 1. The molecule has 5 nitrogen and oxygen atoms in total. The zero-order valence-electron chi connectivity index (χ0n) is 12.8. The monoisotopic (exact) mass is 355 g/mol. The summed E-state index contributed by atoms with van der Waals surface area (Å²) in [5.41, 5.74) is 0.825. The molecule has 2 aromatic rings. The predicted octanol–water partition coefficient (Wildman–Crippen LogP) is 3.01. The Balaban J connectivity index is 2.11. The SMILES string of the molecule is COc1cccc(C(CNS(=O)(=O)c2ccc(Cl)cc2)OC)c1. The van der Waals surface area contributed by atoms with E-state index in [2.05, 4.69) is 4.72 Å². The van der Waals surface area contributed by atoms with Crippen LogP contribution in [-0.4, -0.2) is 29.2 Å². The minimum absolute atomic E-state index is 0.106. The van der Waals surface area contributed by atoms with E-state index in [4.69, 9.17) is 21.1 Å². The summed E-state index contributed by atoms with van der Waals surface area (Å²) in [5.74, 6) is 0.685. The van der Waals surface area contributed by atoms with E-state index in [0.717, 1.165) is 5.56 Å². The van der Waals surface area contributed by atoms with Gasteiger partial charge < -0.3 is 9.47 Å². The normalized spacial score (nSPS) is 12.8. The number of sulfonamides is 1. The van der Waals surface area contributed by atoms with Crippen molar-refractivity contribution in [3.63, 3.8) is 0 Å².